The zero-order valence-corrected chi connectivity index (χ0v) is 21.1. The Morgan fingerprint density at radius 1 is 1.21 bits per heavy atom. The van der Waals surface area contributed by atoms with Crippen molar-refractivity contribution < 1.29 is 22.6 Å². The van der Waals surface area contributed by atoms with Crippen molar-refractivity contribution in [2.45, 2.75) is 63.0 Å². The molecular weight excluding hydrogens is 470 g/mol. The van der Waals surface area contributed by atoms with Gasteiger partial charge in [0, 0.05) is 32.0 Å². The summed E-state index contributed by atoms with van der Waals surface area (Å²) in [7, 11) is -0.693. The number of rotatable bonds is 11. The molecule has 1 saturated heterocycles. The first kappa shape index (κ1) is 25.8. The van der Waals surface area contributed by atoms with E-state index < -0.39 is 15.3 Å². The molecule has 2 aromatic rings. The summed E-state index contributed by atoms with van der Waals surface area (Å²) in [5, 5.41) is 8.17. The fraction of sp³-hybridized carbons (Fsp3) is 0.667. The molecule has 0 saturated carbocycles. The molecule has 0 spiro atoms. The standard InChI is InChI=1S/C21H32ClN5O5S/c1-13-6-9-19(32-13)20-24-25-21(27(20)17(11-30-4)12-31-5)26-33(28,29)15(3)14(2)18-8-7-16(22)10-23-18/h7-8,10,13-15,17,19H,6,9,11-12H2,1-5H3,(H,25,26)/t13-,14?,15?,19-/m1/s1. The van der Waals surface area contributed by atoms with Gasteiger partial charge in [0.25, 0.3) is 0 Å². The van der Waals surface area contributed by atoms with E-state index in [0.717, 1.165) is 12.8 Å². The Morgan fingerprint density at radius 2 is 1.91 bits per heavy atom. The minimum atomic E-state index is -3.85. The van der Waals surface area contributed by atoms with Crippen molar-refractivity contribution in [2.24, 2.45) is 0 Å². The highest BCUT2D eigenvalue weighted by molar-refractivity contribution is 7.93. The average molecular weight is 502 g/mol. The van der Waals surface area contributed by atoms with Crippen molar-refractivity contribution in [2.75, 3.05) is 32.2 Å². The van der Waals surface area contributed by atoms with Crippen LogP contribution < -0.4 is 4.72 Å². The summed E-state index contributed by atoms with van der Waals surface area (Å²) in [5.41, 5.74) is 0.629. The minimum Gasteiger partial charge on any atom is -0.382 e. The van der Waals surface area contributed by atoms with E-state index in [1.807, 2.05) is 13.8 Å². The van der Waals surface area contributed by atoms with Crippen LogP contribution in [0.15, 0.2) is 18.3 Å². The van der Waals surface area contributed by atoms with E-state index in [9.17, 15) is 8.42 Å². The largest absolute Gasteiger partial charge is 0.382 e. The molecule has 4 atom stereocenters. The van der Waals surface area contributed by atoms with E-state index in [1.165, 1.54) is 6.20 Å². The molecule has 0 bridgehead atoms. The number of anilines is 1. The molecule has 1 N–H and O–H groups in total. The highest BCUT2D eigenvalue weighted by atomic mass is 35.5. The molecule has 0 amide bonds. The molecule has 184 valence electrons. The highest BCUT2D eigenvalue weighted by Crippen LogP contribution is 2.35. The number of sulfonamides is 1. The number of nitrogens with zero attached hydrogens (tertiary/aromatic N) is 4. The quantitative estimate of drug-likeness (QED) is 0.498. The third kappa shape index (κ3) is 6.02. The van der Waals surface area contributed by atoms with Crippen LogP contribution >= 0.6 is 11.6 Å². The number of hydrogen-bond acceptors (Lipinski definition) is 8. The smallest absolute Gasteiger partial charge is 0.238 e. The second-order valence-corrected chi connectivity index (χ2v) is 10.8. The number of ether oxygens (including phenoxy) is 3. The lowest BCUT2D eigenvalue weighted by atomic mass is 10.0. The molecule has 0 radical (unpaired) electrons. The molecule has 0 aromatic carbocycles. The van der Waals surface area contributed by atoms with Crippen molar-refractivity contribution in [3.05, 3.63) is 34.9 Å². The van der Waals surface area contributed by atoms with Crippen LogP contribution in [0.5, 0.6) is 0 Å². The SMILES string of the molecule is COCC(COC)n1c(NS(=O)(=O)C(C)C(C)c2ccc(Cl)cn2)nnc1[C@H]1CC[C@@H](C)O1. The van der Waals surface area contributed by atoms with Gasteiger partial charge < -0.3 is 14.2 Å². The lowest BCUT2D eigenvalue weighted by Gasteiger charge is -2.24. The van der Waals surface area contributed by atoms with E-state index in [1.54, 1.807) is 37.8 Å². The second kappa shape index (κ2) is 11.1. The van der Waals surface area contributed by atoms with Crippen LogP contribution in [-0.2, 0) is 24.2 Å². The van der Waals surface area contributed by atoms with E-state index in [2.05, 4.69) is 19.9 Å². The second-order valence-electron chi connectivity index (χ2n) is 8.37. The van der Waals surface area contributed by atoms with Crippen molar-refractivity contribution in [1.29, 1.82) is 0 Å². The topological polar surface area (TPSA) is 117 Å². The first-order chi connectivity index (χ1) is 15.7. The van der Waals surface area contributed by atoms with E-state index in [0.29, 0.717) is 16.5 Å². The zero-order valence-electron chi connectivity index (χ0n) is 19.6. The van der Waals surface area contributed by atoms with Gasteiger partial charge in [0.15, 0.2) is 5.82 Å². The summed E-state index contributed by atoms with van der Waals surface area (Å²) in [4.78, 5) is 4.27. The van der Waals surface area contributed by atoms with Gasteiger partial charge in [-0.1, -0.05) is 18.5 Å². The van der Waals surface area contributed by atoms with Gasteiger partial charge in [-0.25, -0.2) is 8.42 Å². The lowest BCUT2D eigenvalue weighted by Crippen LogP contribution is -2.32. The van der Waals surface area contributed by atoms with Crippen LogP contribution in [0, 0.1) is 0 Å². The Labute approximate surface area is 200 Å². The number of halogens is 1. The summed E-state index contributed by atoms with van der Waals surface area (Å²) in [5.74, 6) is 0.273. The molecule has 2 unspecified atom stereocenters. The minimum absolute atomic E-state index is 0.0938. The van der Waals surface area contributed by atoms with Crippen LogP contribution in [0.25, 0.3) is 0 Å². The fourth-order valence-electron chi connectivity index (χ4n) is 3.91. The monoisotopic (exact) mass is 501 g/mol. The first-order valence-corrected chi connectivity index (χ1v) is 12.8. The third-order valence-corrected chi connectivity index (χ3v) is 8.05. The summed E-state index contributed by atoms with van der Waals surface area (Å²) < 4.78 is 47.7. The van der Waals surface area contributed by atoms with Crippen molar-refractivity contribution in [3.63, 3.8) is 0 Å². The summed E-state index contributed by atoms with van der Waals surface area (Å²) in [6, 6.07) is 3.08. The van der Waals surface area contributed by atoms with Crippen LogP contribution in [0.2, 0.25) is 5.02 Å². The molecule has 1 fully saturated rings. The lowest BCUT2D eigenvalue weighted by molar-refractivity contribution is 0.0406. The molecule has 2 aromatic heterocycles. The predicted molar refractivity (Wildman–Crippen MR) is 125 cm³/mol. The molecule has 3 rings (SSSR count). The maximum absolute atomic E-state index is 13.3. The first-order valence-electron chi connectivity index (χ1n) is 10.9. The van der Waals surface area contributed by atoms with Gasteiger partial charge in [0.05, 0.1) is 35.6 Å². The Morgan fingerprint density at radius 3 is 2.45 bits per heavy atom. The zero-order chi connectivity index (χ0) is 24.2. The number of methoxy groups -OCH3 is 2. The van der Waals surface area contributed by atoms with Crippen LogP contribution in [0.1, 0.15) is 63.2 Å². The van der Waals surface area contributed by atoms with E-state index in [-0.39, 0.29) is 43.3 Å². The molecule has 1 aliphatic heterocycles. The number of hydrogen-bond donors (Lipinski definition) is 1. The third-order valence-electron chi connectivity index (χ3n) is 5.97. The Balaban J connectivity index is 1.92. The number of nitrogens with one attached hydrogen (secondary N) is 1. The van der Waals surface area contributed by atoms with Crippen LogP contribution in [-0.4, -0.2) is 67.0 Å². The molecule has 0 aliphatic carbocycles. The molecular formula is C21H32ClN5O5S. The van der Waals surface area contributed by atoms with Crippen molar-refractivity contribution >= 4 is 27.6 Å². The van der Waals surface area contributed by atoms with Gasteiger partial charge in [-0.3, -0.25) is 14.3 Å². The Bertz CT molecular complexity index is 1010. The molecule has 1 aliphatic rings. The molecule has 12 heteroatoms. The fourth-order valence-corrected chi connectivity index (χ4v) is 5.28. The van der Waals surface area contributed by atoms with Crippen molar-refractivity contribution in [1.82, 2.24) is 19.7 Å². The maximum Gasteiger partial charge on any atom is 0.238 e. The predicted octanol–water partition coefficient (Wildman–Crippen LogP) is 3.33. The molecule has 33 heavy (non-hydrogen) atoms. The summed E-state index contributed by atoms with van der Waals surface area (Å²) in [6.45, 7) is 6.02. The maximum atomic E-state index is 13.3. The Kier molecular flexibility index (Phi) is 8.68. The van der Waals surface area contributed by atoms with Gasteiger partial charge in [-0.2, -0.15) is 0 Å². The van der Waals surface area contributed by atoms with Gasteiger partial charge in [-0.15, -0.1) is 10.2 Å². The van der Waals surface area contributed by atoms with Gasteiger partial charge >= 0.3 is 0 Å². The van der Waals surface area contributed by atoms with Gasteiger partial charge in [-0.05, 0) is 38.8 Å². The van der Waals surface area contributed by atoms with Crippen LogP contribution in [0.3, 0.4) is 0 Å². The van der Waals surface area contributed by atoms with Gasteiger partial charge in [0.1, 0.15) is 6.10 Å². The molecule has 10 nitrogen and oxygen atoms in total. The Hall–Kier alpha value is -1.79. The van der Waals surface area contributed by atoms with Crippen molar-refractivity contribution in [3.8, 4) is 0 Å². The normalized spacial score (nSPS) is 20.8. The van der Waals surface area contributed by atoms with E-state index >= 15 is 0 Å². The highest BCUT2D eigenvalue weighted by Gasteiger charge is 2.35. The van der Waals surface area contributed by atoms with Gasteiger partial charge in [0.2, 0.25) is 16.0 Å². The summed E-state index contributed by atoms with van der Waals surface area (Å²) >= 11 is 5.91. The number of pyridine rings is 1. The van der Waals surface area contributed by atoms with E-state index in [4.69, 9.17) is 25.8 Å². The molecule has 3 heterocycles. The average Bonchev–Trinajstić information content (AvgIpc) is 3.38. The summed E-state index contributed by atoms with van der Waals surface area (Å²) in [6.07, 6.45) is 2.98. The van der Waals surface area contributed by atoms with Crippen LogP contribution in [0.4, 0.5) is 5.95 Å². The number of aromatic nitrogens is 4.